The Morgan fingerprint density at radius 3 is 2.50 bits per heavy atom. The van der Waals surface area contributed by atoms with Gasteiger partial charge in [-0.15, -0.1) is 0 Å². The standard InChI is InChI=1S/C12H18N4O2/c1-7-11(8(2)16(4)14-7)12(18)13-9-5-10(17)15(3)6-9/h9H,5-6H2,1-4H3,(H,13,18). The van der Waals surface area contributed by atoms with Gasteiger partial charge in [0.05, 0.1) is 17.3 Å². The Morgan fingerprint density at radius 2 is 2.06 bits per heavy atom. The fourth-order valence-corrected chi connectivity index (χ4v) is 2.32. The minimum atomic E-state index is -0.147. The maximum atomic E-state index is 12.2. The SMILES string of the molecule is Cc1nn(C)c(C)c1C(=O)NC1CC(=O)N(C)C1. The molecular formula is C12H18N4O2. The monoisotopic (exact) mass is 250 g/mol. The largest absolute Gasteiger partial charge is 0.347 e. The molecule has 1 aromatic heterocycles. The fourth-order valence-electron chi connectivity index (χ4n) is 2.32. The molecule has 2 rings (SSSR count). The Balaban J connectivity index is 2.11. The summed E-state index contributed by atoms with van der Waals surface area (Å²) in [5, 5.41) is 7.11. The molecule has 0 aromatic carbocycles. The van der Waals surface area contributed by atoms with Crippen molar-refractivity contribution >= 4 is 11.8 Å². The molecule has 1 atom stereocenters. The topological polar surface area (TPSA) is 67.2 Å². The van der Waals surface area contributed by atoms with Crippen LogP contribution in [0.3, 0.4) is 0 Å². The predicted molar refractivity (Wildman–Crippen MR) is 66.2 cm³/mol. The second-order valence-electron chi connectivity index (χ2n) is 4.82. The van der Waals surface area contributed by atoms with Gasteiger partial charge in [0.25, 0.3) is 5.91 Å². The van der Waals surface area contributed by atoms with Gasteiger partial charge in [-0.2, -0.15) is 5.10 Å². The number of nitrogens with zero attached hydrogens (tertiary/aromatic N) is 3. The van der Waals surface area contributed by atoms with Crippen LogP contribution in [0.4, 0.5) is 0 Å². The van der Waals surface area contributed by atoms with E-state index < -0.39 is 0 Å². The van der Waals surface area contributed by atoms with Crippen molar-refractivity contribution in [2.75, 3.05) is 13.6 Å². The van der Waals surface area contributed by atoms with Crippen molar-refractivity contribution in [1.82, 2.24) is 20.0 Å². The smallest absolute Gasteiger partial charge is 0.255 e. The third-order valence-corrected chi connectivity index (χ3v) is 3.41. The summed E-state index contributed by atoms with van der Waals surface area (Å²) in [5.74, 6) is -0.0777. The van der Waals surface area contributed by atoms with Crippen LogP contribution in [-0.2, 0) is 11.8 Å². The van der Waals surface area contributed by atoms with Gasteiger partial charge in [-0.1, -0.05) is 0 Å². The van der Waals surface area contributed by atoms with Crippen molar-refractivity contribution in [3.05, 3.63) is 17.0 Å². The molecule has 2 amide bonds. The lowest BCUT2D eigenvalue weighted by atomic mass is 10.1. The Morgan fingerprint density at radius 1 is 1.39 bits per heavy atom. The molecule has 6 heteroatoms. The summed E-state index contributed by atoms with van der Waals surface area (Å²) >= 11 is 0. The van der Waals surface area contributed by atoms with E-state index in [-0.39, 0.29) is 17.9 Å². The first-order chi connectivity index (χ1) is 8.40. The van der Waals surface area contributed by atoms with Gasteiger partial charge in [0.2, 0.25) is 5.91 Å². The number of hydrogen-bond acceptors (Lipinski definition) is 3. The Bertz CT molecular complexity index is 506. The van der Waals surface area contributed by atoms with E-state index in [4.69, 9.17) is 0 Å². The summed E-state index contributed by atoms with van der Waals surface area (Å²) in [6.07, 6.45) is 0.376. The van der Waals surface area contributed by atoms with Gasteiger partial charge >= 0.3 is 0 Å². The lowest BCUT2D eigenvalue weighted by molar-refractivity contribution is -0.126. The highest BCUT2D eigenvalue weighted by Gasteiger charge is 2.29. The molecule has 18 heavy (non-hydrogen) atoms. The van der Waals surface area contributed by atoms with E-state index in [1.807, 2.05) is 20.9 Å². The van der Waals surface area contributed by atoms with E-state index in [0.717, 1.165) is 5.69 Å². The van der Waals surface area contributed by atoms with Crippen LogP contribution in [0, 0.1) is 13.8 Å². The molecule has 1 N–H and O–H groups in total. The zero-order valence-electron chi connectivity index (χ0n) is 11.1. The maximum absolute atomic E-state index is 12.2. The number of amides is 2. The number of carbonyl (C=O) groups excluding carboxylic acids is 2. The third kappa shape index (κ3) is 2.10. The number of rotatable bonds is 2. The first kappa shape index (κ1) is 12.6. The third-order valence-electron chi connectivity index (χ3n) is 3.41. The highest BCUT2D eigenvalue weighted by atomic mass is 16.2. The van der Waals surface area contributed by atoms with Crippen LogP contribution in [0.2, 0.25) is 0 Å². The molecule has 0 spiro atoms. The molecule has 0 aliphatic carbocycles. The molecule has 2 heterocycles. The fraction of sp³-hybridized carbons (Fsp3) is 0.583. The van der Waals surface area contributed by atoms with Crippen molar-refractivity contribution in [2.24, 2.45) is 7.05 Å². The summed E-state index contributed by atoms with van der Waals surface area (Å²) in [5.41, 5.74) is 2.16. The minimum absolute atomic E-state index is 0.0694. The van der Waals surface area contributed by atoms with E-state index in [0.29, 0.717) is 24.2 Å². The molecular weight excluding hydrogens is 232 g/mol. The van der Waals surface area contributed by atoms with Gasteiger partial charge in [0.1, 0.15) is 0 Å². The van der Waals surface area contributed by atoms with Gasteiger partial charge in [-0.05, 0) is 13.8 Å². The van der Waals surface area contributed by atoms with Crippen LogP contribution in [0.15, 0.2) is 0 Å². The van der Waals surface area contributed by atoms with E-state index >= 15 is 0 Å². The van der Waals surface area contributed by atoms with Gasteiger partial charge in [0.15, 0.2) is 0 Å². The molecule has 0 radical (unpaired) electrons. The zero-order chi connectivity index (χ0) is 13.4. The van der Waals surface area contributed by atoms with E-state index in [1.165, 1.54) is 0 Å². The average Bonchev–Trinajstić information content (AvgIpc) is 2.69. The van der Waals surface area contributed by atoms with Crippen LogP contribution in [-0.4, -0.2) is 46.1 Å². The summed E-state index contributed by atoms with van der Waals surface area (Å²) in [4.78, 5) is 25.2. The number of likely N-dealkylation sites (tertiary alicyclic amines) is 1. The van der Waals surface area contributed by atoms with Crippen molar-refractivity contribution < 1.29 is 9.59 Å². The summed E-state index contributed by atoms with van der Waals surface area (Å²) in [6, 6.07) is -0.103. The number of likely N-dealkylation sites (N-methyl/N-ethyl adjacent to an activating group) is 1. The Labute approximate surface area is 106 Å². The molecule has 0 bridgehead atoms. The van der Waals surface area contributed by atoms with Crippen LogP contribution >= 0.6 is 0 Å². The first-order valence-electron chi connectivity index (χ1n) is 5.95. The molecule has 1 aromatic rings. The van der Waals surface area contributed by atoms with Crippen molar-refractivity contribution in [1.29, 1.82) is 0 Å². The number of hydrogen-bond donors (Lipinski definition) is 1. The summed E-state index contributed by atoms with van der Waals surface area (Å²) in [7, 11) is 3.56. The van der Waals surface area contributed by atoms with Crippen LogP contribution < -0.4 is 5.32 Å². The zero-order valence-corrected chi connectivity index (χ0v) is 11.1. The van der Waals surface area contributed by atoms with E-state index in [9.17, 15) is 9.59 Å². The quantitative estimate of drug-likeness (QED) is 0.803. The lowest BCUT2D eigenvalue weighted by Crippen LogP contribution is -2.37. The Hall–Kier alpha value is -1.85. The van der Waals surface area contributed by atoms with Gasteiger partial charge in [-0.25, -0.2) is 0 Å². The van der Waals surface area contributed by atoms with Crippen molar-refractivity contribution in [3.8, 4) is 0 Å². The van der Waals surface area contributed by atoms with Gasteiger partial charge in [0, 0.05) is 32.8 Å². The number of aryl methyl sites for hydroxylation is 2. The average molecular weight is 250 g/mol. The number of aromatic nitrogens is 2. The number of carbonyl (C=O) groups is 2. The normalized spacial score (nSPS) is 19.4. The molecule has 0 saturated carbocycles. The lowest BCUT2D eigenvalue weighted by Gasteiger charge is -2.12. The van der Waals surface area contributed by atoms with Gasteiger partial charge in [-0.3, -0.25) is 14.3 Å². The summed E-state index contributed by atoms with van der Waals surface area (Å²) < 4.78 is 1.69. The number of nitrogens with one attached hydrogen (secondary N) is 1. The van der Waals surface area contributed by atoms with Crippen LogP contribution in [0.25, 0.3) is 0 Å². The molecule has 1 saturated heterocycles. The molecule has 1 aliphatic heterocycles. The minimum Gasteiger partial charge on any atom is -0.347 e. The van der Waals surface area contributed by atoms with Crippen molar-refractivity contribution in [3.63, 3.8) is 0 Å². The second kappa shape index (κ2) is 4.44. The highest BCUT2D eigenvalue weighted by Crippen LogP contribution is 2.14. The molecule has 1 fully saturated rings. The maximum Gasteiger partial charge on any atom is 0.255 e. The highest BCUT2D eigenvalue weighted by molar-refractivity contribution is 5.97. The van der Waals surface area contributed by atoms with Crippen molar-refractivity contribution in [2.45, 2.75) is 26.3 Å². The van der Waals surface area contributed by atoms with E-state index in [2.05, 4.69) is 10.4 Å². The molecule has 6 nitrogen and oxygen atoms in total. The van der Waals surface area contributed by atoms with Crippen LogP contribution in [0.5, 0.6) is 0 Å². The van der Waals surface area contributed by atoms with E-state index in [1.54, 1.807) is 16.6 Å². The summed E-state index contributed by atoms with van der Waals surface area (Å²) in [6.45, 7) is 4.25. The first-order valence-corrected chi connectivity index (χ1v) is 5.95. The van der Waals surface area contributed by atoms with Crippen LogP contribution in [0.1, 0.15) is 28.2 Å². The molecule has 1 aliphatic rings. The molecule has 1 unspecified atom stereocenters. The second-order valence-corrected chi connectivity index (χ2v) is 4.82. The predicted octanol–water partition coefficient (Wildman–Crippen LogP) is -0.00256. The Kier molecular flexibility index (Phi) is 3.11. The van der Waals surface area contributed by atoms with Gasteiger partial charge < -0.3 is 10.2 Å². The molecule has 98 valence electrons.